The lowest BCUT2D eigenvalue weighted by Gasteiger charge is -2.18. The average Bonchev–Trinajstić information content (AvgIpc) is 2.56. The normalized spacial score (nSPS) is 11.1. The molecule has 2 rings (SSSR count). The van der Waals surface area contributed by atoms with E-state index >= 15 is 0 Å². The number of nitrogens with one attached hydrogen (secondary N) is 1. The summed E-state index contributed by atoms with van der Waals surface area (Å²) in [6.45, 7) is 5.10. The van der Waals surface area contributed by atoms with Crippen LogP contribution in [-0.2, 0) is 10.0 Å². The number of nitrogens with zero attached hydrogens (tertiary/aromatic N) is 1. The molecule has 128 valence electrons. The number of rotatable bonds is 6. The summed E-state index contributed by atoms with van der Waals surface area (Å²) in [5.41, 5.74) is 0.940. The van der Waals surface area contributed by atoms with Crippen LogP contribution in [0.3, 0.4) is 0 Å². The number of benzene rings is 2. The molecule has 0 fully saturated rings. The monoisotopic (exact) mass is 410 g/mol. The molecule has 2 aromatic rings. The molecule has 0 bridgehead atoms. The first-order chi connectivity index (χ1) is 11.4. The Morgan fingerprint density at radius 3 is 2.25 bits per heavy atom. The number of carbonyl (C=O) groups is 1. The first kappa shape index (κ1) is 18.5. The second kappa shape index (κ2) is 7.81. The van der Waals surface area contributed by atoms with Crippen LogP contribution in [0, 0.1) is 0 Å². The Morgan fingerprint density at radius 1 is 1.08 bits per heavy atom. The van der Waals surface area contributed by atoms with Gasteiger partial charge in [-0.05, 0) is 56.3 Å². The van der Waals surface area contributed by atoms with E-state index in [9.17, 15) is 13.2 Å². The third-order valence-corrected chi connectivity index (χ3v) is 5.41. The molecule has 0 spiro atoms. The van der Waals surface area contributed by atoms with Crippen LogP contribution in [0.5, 0.6) is 0 Å². The van der Waals surface area contributed by atoms with Crippen LogP contribution in [-0.4, -0.2) is 32.3 Å². The summed E-state index contributed by atoms with van der Waals surface area (Å²) in [4.78, 5) is 14.1. The van der Waals surface area contributed by atoms with Crippen molar-refractivity contribution < 1.29 is 13.2 Å². The Bertz CT molecular complexity index is 816. The second-order valence-corrected chi connectivity index (χ2v) is 7.72. The number of halogens is 1. The molecule has 0 unspecified atom stereocenters. The number of sulfonamides is 1. The Hall–Kier alpha value is -1.86. The molecule has 0 aliphatic carbocycles. The van der Waals surface area contributed by atoms with Crippen molar-refractivity contribution in [1.29, 1.82) is 0 Å². The molecular formula is C17H19BrN2O3S. The van der Waals surface area contributed by atoms with E-state index < -0.39 is 10.0 Å². The highest BCUT2D eigenvalue weighted by Crippen LogP contribution is 2.20. The molecule has 24 heavy (non-hydrogen) atoms. The highest BCUT2D eigenvalue weighted by molar-refractivity contribution is 9.10. The largest absolute Gasteiger partial charge is 0.339 e. The third-order valence-electron chi connectivity index (χ3n) is 3.54. The summed E-state index contributed by atoms with van der Waals surface area (Å²) in [7, 11) is -3.67. The van der Waals surface area contributed by atoms with Crippen molar-refractivity contribution in [3.05, 3.63) is 58.6 Å². The first-order valence-electron chi connectivity index (χ1n) is 7.55. The van der Waals surface area contributed by atoms with Crippen LogP contribution in [0.1, 0.15) is 24.2 Å². The van der Waals surface area contributed by atoms with Crippen LogP contribution < -0.4 is 4.72 Å². The second-order valence-electron chi connectivity index (χ2n) is 5.12. The Balaban J connectivity index is 2.18. The molecule has 2 aromatic carbocycles. The molecule has 1 amide bonds. The number of amides is 1. The van der Waals surface area contributed by atoms with Crippen molar-refractivity contribution in [3.8, 4) is 0 Å². The van der Waals surface area contributed by atoms with Gasteiger partial charge in [0.2, 0.25) is 0 Å². The van der Waals surface area contributed by atoms with Gasteiger partial charge in [-0.1, -0.05) is 22.0 Å². The molecule has 0 saturated carbocycles. The highest BCUT2D eigenvalue weighted by atomic mass is 79.9. The molecule has 0 radical (unpaired) electrons. The SMILES string of the molecule is CCN(CC)C(=O)c1ccc(NS(=O)(=O)c2cccc(Br)c2)cc1. The van der Waals surface area contributed by atoms with E-state index in [0.717, 1.165) is 0 Å². The van der Waals surface area contributed by atoms with Gasteiger partial charge in [-0.2, -0.15) is 0 Å². The van der Waals surface area contributed by atoms with E-state index in [4.69, 9.17) is 0 Å². The van der Waals surface area contributed by atoms with Crippen molar-refractivity contribution in [2.45, 2.75) is 18.7 Å². The minimum Gasteiger partial charge on any atom is -0.339 e. The lowest BCUT2D eigenvalue weighted by Crippen LogP contribution is -2.30. The zero-order valence-electron chi connectivity index (χ0n) is 13.5. The highest BCUT2D eigenvalue weighted by Gasteiger charge is 2.16. The maximum absolute atomic E-state index is 12.4. The van der Waals surface area contributed by atoms with Crippen LogP contribution in [0.4, 0.5) is 5.69 Å². The topological polar surface area (TPSA) is 66.5 Å². The van der Waals surface area contributed by atoms with E-state index in [1.54, 1.807) is 41.3 Å². The molecular weight excluding hydrogens is 392 g/mol. The zero-order valence-corrected chi connectivity index (χ0v) is 15.9. The Morgan fingerprint density at radius 2 is 1.71 bits per heavy atom. The zero-order chi connectivity index (χ0) is 17.7. The van der Waals surface area contributed by atoms with Crippen molar-refractivity contribution in [3.63, 3.8) is 0 Å². The molecule has 0 atom stereocenters. The lowest BCUT2D eigenvalue weighted by molar-refractivity contribution is 0.0773. The van der Waals surface area contributed by atoms with Gasteiger partial charge < -0.3 is 4.90 Å². The van der Waals surface area contributed by atoms with Gasteiger partial charge in [0.1, 0.15) is 0 Å². The van der Waals surface area contributed by atoms with Gasteiger partial charge in [-0.15, -0.1) is 0 Å². The summed E-state index contributed by atoms with van der Waals surface area (Å²) in [5.74, 6) is -0.0682. The van der Waals surface area contributed by atoms with Crippen LogP contribution >= 0.6 is 15.9 Å². The Labute approximate surface area is 150 Å². The predicted octanol–water partition coefficient (Wildman–Crippen LogP) is 3.73. The van der Waals surface area contributed by atoms with Crippen molar-refractivity contribution in [2.75, 3.05) is 17.8 Å². The number of hydrogen-bond acceptors (Lipinski definition) is 3. The summed E-state index contributed by atoms with van der Waals surface area (Å²) in [5, 5.41) is 0. The summed E-state index contributed by atoms with van der Waals surface area (Å²) in [6, 6.07) is 12.9. The van der Waals surface area contributed by atoms with Crippen LogP contribution in [0.25, 0.3) is 0 Å². The number of carbonyl (C=O) groups excluding carboxylic acids is 1. The van der Waals surface area contributed by atoms with E-state index in [-0.39, 0.29) is 10.8 Å². The molecule has 1 N–H and O–H groups in total. The van der Waals surface area contributed by atoms with Crippen molar-refractivity contribution >= 4 is 37.5 Å². The maximum atomic E-state index is 12.4. The summed E-state index contributed by atoms with van der Waals surface area (Å²) >= 11 is 3.26. The van der Waals surface area contributed by atoms with Crippen molar-refractivity contribution in [2.24, 2.45) is 0 Å². The summed E-state index contributed by atoms with van der Waals surface area (Å²) < 4.78 is 27.9. The van der Waals surface area contributed by atoms with Gasteiger partial charge in [0.05, 0.1) is 4.90 Å². The quantitative estimate of drug-likeness (QED) is 0.788. The Kier molecular flexibility index (Phi) is 6.01. The smallest absolute Gasteiger partial charge is 0.261 e. The van der Waals surface area contributed by atoms with E-state index in [2.05, 4.69) is 20.7 Å². The van der Waals surface area contributed by atoms with Crippen LogP contribution in [0.15, 0.2) is 57.9 Å². The van der Waals surface area contributed by atoms with Crippen molar-refractivity contribution in [1.82, 2.24) is 4.90 Å². The fourth-order valence-electron chi connectivity index (χ4n) is 2.22. The number of hydrogen-bond donors (Lipinski definition) is 1. The number of anilines is 1. The fraction of sp³-hybridized carbons (Fsp3) is 0.235. The predicted molar refractivity (Wildman–Crippen MR) is 98.6 cm³/mol. The summed E-state index contributed by atoms with van der Waals surface area (Å²) in [6.07, 6.45) is 0. The minimum absolute atomic E-state index is 0.0682. The van der Waals surface area contributed by atoms with E-state index in [1.165, 1.54) is 12.1 Å². The average molecular weight is 411 g/mol. The molecule has 0 aromatic heterocycles. The molecule has 0 heterocycles. The van der Waals surface area contributed by atoms with Gasteiger partial charge in [0, 0.05) is 28.8 Å². The van der Waals surface area contributed by atoms with Gasteiger partial charge in [0.15, 0.2) is 0 Å². The molecule has 0 aliphatic rings. The van der Waals surface area contributed by atoms with Gasteiger partial charge in [-0.25, -0.2) is 8.42 Å². The van der Waals surface area contributed by atoms with Crippen LogP contribution in [0.2, 0.25) is 0 Å². The minimum atomic E-state index is -3.67. The fourth-order valence-corrected chi connectivity index (χ4v) is 3.88. The van der Waals surface area contributed by atoms with Gasteiger partial charge in [0.25, 0.3) is 15.9 Å². The third kappa shape index (κ3) is 4.36. The van der Waals surface area contributed by atoms with Gasteiger partial charge >= 0.3 is 0 Å². The lowest BCUT2D eigenvalue weighted by atomic mass is 10.2. The van der Waals surface area contributed by atoms with E-state index in [1.807, 2.05) is 13.8 Å². The molecule has 0 aliphatic heterocycles. The first-order valence-corrected chi connectivity index (χ1v) is 9.82. The molecule has 7 heteroatoms. The van der Waals surface area contributed by atoms with Gasteiger partial charge in [-0.3, -0.25) is 9.52 Å². The molecule has 5 nitrogen and oxygen atoms in total. The molecule has 0 saturated heterocycles. The standard InChI is InChI=1S/C17H19BrN2O3S/c1-3-20(4-2)17(21)13-8-10-15(11-9-13)19-24(22,23)16-7-5-6-14(18)12-16/h5-12,19H,3-4H2,1-2H3. The van der Waals surface area contributed by atoms with E-state index in [0.29, 0.717) is 28.8 Å². The maximum Gasteiger partial charge on any atom is 0.261 e.